The summed E-state index contributed by atoms with van der Waals surface area (Å²) in [5.41, 5.74) is 5.19. The third-order valence-electron chi connectivity index (χ3n) is 10.0. The van der Waals surface area contributed by atoms with Gasteiger partial charge in [0.15, 0.2) is 6.29 Å². The molecule has 0 aliphatic carbocycles. The second kappa shape index (κ2) is 21.7. The Morgan fingerprint density at radius 2 is 0.982 bits per heavy atom. The Bertz CT molecular complexity index is 2010. The molecular weight excluding hydrogens is 717 g/mol. The number of hydrogen-bond donors (Lipinski definition) is 1. The molecule has 6 aromatic rings. The Hall–Kier alpha value is -4.74. The van der Waals surface area contributed by atoms with E-state index >= 15 is 0 Å². The fraction of sp³-hybridized carbons (Fsp3) is 0.306. The van der Waals surface area contributed by atoms with Crippen molar-refractivity contribution >= 4 is 10.8 Å². The second-order valence-electron chi connectivity index (χ2n) is 14.4. The van der Waals surface area contributed by atoms with Crippen molar-refractivity contribution in [2.75, 3.05) is 19.8 Å². The molecule has 296 valence electrons. The fourth-order valence-corrected chi connectivity index (χ4v) is 6.89. The van der Waals surface area contributed by atoms with Crippen LogP contribution in [0.5, 0.6) is 0 Å². The van der Waals surface area contributed by atoms with Gasteiger partial charge in [-0.05, 0) is 44.7 Å². The highest BCUT2D eigenvalue weighted by atomic mass is 16.7. The standard InChI is InChI=1S/C49H52O8/c50-44-28-48(57-45(44)34-51-29-37-15-5-1-6-16-37)55-36-47(54-32-39-19-9-3-10-20-39)49(56-33-40-21-11-4-12-22-40)46(53-31-38-17-7-2-8-18-38)35-52-30-41-25-26-42-23-13-14-24-43(42)27-41/h1-27,44-50H,28-36H2/t44-,45?,46?,47?,48?,49?/m1/s1. The quantitative estimate of drug-likeness (QED) is 0.0734. The first kappa shape index (κ1) is 40.5. The normalized spacial score (nSPS) is 18.4. The Labute approximate surface area is 335 Å². The molecule has 6 aromatic carbocycles. The monoisotopic (exact) mass is 768 g/mol. The van der Waals surface area contributed by atoms with E-state index in [9.17, 15) is 5.11 Å². The summed E-state index contributed by atoms with van der Waals surface area (Å²) in [6.07, 6.45) is -3.37. The lowest BCUT2D eigenvalue weighted by molar-refractivity contribution is -0.207. The van der Waals surface area contributed by atoms with Gasteiger partial charge in [0, 0.05) is 6.42 Å². The van der Waals surface area contributed by atoms with Gasteiger partial charge in [-0.25, -0.2) is 0 Å². The molecule has 0 bridgehead atoms. The Morgan fingerprint density at radius 1 is 0.491 bits per heavy atom. The molecular formula is C49H52O8. The minimum atomic E-state index is -0.731. The zero-order valence-electron chi connectivity index (χ0n) is 32.2. The molecule has 1 heterocycles. The van der Waals surface area contributed by atoms with Gasteiger partial charge in [-0.3, -0.25) is 0 Å². The predicted molar refractivity (Wildman–Crippen MR) is 220 cm³/mol. The van der Waals surface area contributed by atoms with Crippen LogP contribution in [0.15, 0.2) is 164 Å². The van der Waals surface area contributed by atoms with Crippen molar-refractivity contribution in [1.82, 2.24) is 0 Å². The average Bonchev–Trinajstić information content (AvgIpc) is 3.62. The SMILES string of the molecule is O[C@@H]1CC(OCC(OCc2ccccc2)C(OCc2ccccc2)C(COCc2ccc3ccccc3c2)OCc2ccccc2)OC1COCc1ccccc1. The molecule has 0 amide bonds. The van der Waals surface area contributed by atoms with E-state index in [0.717, 1.165) is 33.2 Å². The molecule has 8 heteroatoms. The van der Waals surface area contributed by atoms with Gasteiger partial charge in [0.1, 0.15) is 24.4 Å². The van der Waals surface area contributed by atoms with Crippen LogP contribution < -0.4 is 0 Å². The van der Waals surface area contributed by atoms with Crippen molar-refractivity contribution in [3.63, 3.8) is 0 Å². The van der Waals surface area contributed by atoms with Crippen molar-refractivity contribution in [2.24, 2.45) is 0 Å². The summed E-state index contributed by atoms with van der Waals surface area (Å²) in [7, 11) is 0. The summed E-state index contributed by atoms with van der Waals surface area (Å²) in [4.78, 5) is 0. The van der Waals surface area contributed by atoms with Crippen LogP contribution in [0.2, 0.25) is 0 Å². The average molecular weight is 769 g/mol. The minimum absolute atomic E-state index is 0.122. The lowest BCUT2D eigenvalue weighted by atomic mass is 10.1. The Morgan fingerprint density at radius 3 is 1.58 bits per heavy atom. The highest BCUT2D eigenvalue weighted by molar-refractivity contribution is 5.82. The molecule has 0 aromatic heterocycles. The zero-order chi connectivity index (χ0) is 38.9. The number of ether oxygens (including phenoxy) is 7. The third kappa shape index (κ3) is 12.6. The minimum Gasteiger partial charge on any atom is -0.390 e. The summed E-state index contributed by atoms with van der Waals surface area (Å²) < 4.78 is 45.3. The number of fused-ring (bicyclic) bond motifs is 1. The highest BCUT2D eigenvalue weighted by Crippen LogP contribution is 2.26. The summed E-state index contributed by atoms with van der Waals surface area (Å²) in [6, 6.07) is 54.8. The largest absolute Gasteiger partial charge is 0.390 e. The maximum absolute atomic E-state index is 10.9. The van der Waals surface area contributed by atoms with Crippen LogP contribution >= 0.6 is 0 Å². The molecule has 8 nitrogen and oxygen atoms in total. The van der Waals surface area contributed by atoms with Crippen LogP contribution in [0.4, 0.5) is 0 Å². The molecule has 1 aliphatic rings. The molecule has 6 atom stereocenters. The van der Waals surface area contributed by atoms with E-state index in [1.54, 1.807) is 0 Å². The van der Waals surface area contributed by atoms with Gasteiger partial charge < -0.3 is 38.3 Å². The van der Waals surface area contributed by atoms with Gasteiger partial charge in [-0.2, -0.15) is 0 Å². The van der Waals surface area contributed by atoms with Crippen molar-refractivity contribution in [1.29, 1.82) is 0 Å². The zero-order valence-corrected chi connectivity index (χ0v) is 32.2. The van der Waals surface area contributed by atoms with Gasteiger partial charge in [0.05, 0.1) is 59.0 Å². The number of aliphatic hydroxyl groups is 1. The molecule has 57 heavy (non-hydrogen) atoms. The van der Waals surface area contributed by atoms with Gasteiger partial charge in [0.25, 0.3) is 0 Å². The summed E-state index contributed by atoms with van der Waals surface area (Å²) in [5.74, 6) is 0. The van der Waals surface area contributed by atoms with E-state index in [0.29, 0.717) is 39.5 Å². The number of rotatable bonds is 22. The van der Waals surface area contributed by atoms with Crippen molar-refractivity contribution < 1.29 is 38.3 Å². The summed E-state index contributed by atoms with van der Waals surface area (Å²) in [6.45, 7) is 2.44. The van der Waals surface area contributed by atoms with Crippen molar-refractivity contribution in [2.45, 2.75) is 76.3 Å². The van der Waals surface area contributed by atoms with Crippen LogP contribution in [0, 0.1) is 0 Å². The molecule has 1 aliphatic heterocycles. The van der Waals surface area contributed by atoms with E-state index in [2.05, 4.69) is 30.3 Å². The molecule has 0 spiro atoms. The molecule has 1 N–H and O–H groups in total. The van der Waals surface area contributed by atoms with E-state index in [1.807, 2.05) is 133 Å². The lowest BCUT2D eigenvalue weighted by Gasteiger charge is -2.34. The van der Waals surface area contributed by atoms with Crippen molar-refractivity contribution in [3.05, 3.63) is 192 Å². The van der Waals surface area contributed by atoms with Crippen LogP contribution in [0.25, 0.3) is 10.8 Å². The van der Waals surface area contributed by atoms with Crippen molar-refractivity contribution in [3.8, 4) is 0 Å². The van der Waals surface area contributed by atoms with Crippen LogP contribution in [-0.4, -0.2) is 61.7 Å². The first-order valence-electron chi connectivity index (χ1n) is 19.7. The molecule has 0 saturated carbocycles. The maximum atomic E-state index is 10.9. The first-order chi connectivity index (χ1) is 28.2. The molecule has 7 rings (SSSR count). The summed E-state index contributed by atoms with van der Waals surface area (Å²) >= 11 is 0. The van der Waals surface area contributed by atoms with Gasteiger partial charge >= 0.3 is 0 Å². The number of hydrogen-bond acceptors (Lipinski definition) is 8. The van der Waals surface area contributed by atoms with E-state index in [1.165, 1.54) is 5.39 Å². The van der Waals surface area contributed by atoms with Gasteiger partial charge in [-0.1, -0.05) is 158 Å². The maximum Gasteiger partial charge on any atom is 0.160 e. The lowest BCUT2D eigenvalue weighted by Crippen LogP contribution is -2.47. The smallest absolute Gasteiger partial charge is 0.160 e. The number of benzene rings is 6. The van der Waals surface area contributed by atoms with Crippen LogP contribution in [0.3, 0.4) is 0 Å². The van der Waals surface area contributed by atoms with Crippen LogP contribution in [-0.2, 0) is 66.2 Å². The Kier molecular flexibility index (Phi) is 15.4. The molecule has 5 unspecified atom stereocenters. The van der Waals surface area contributed by atoms with Gasteiger partial charge in [-0.15, -0.1) is 0 Å². The fourth-order valence-electron chi connectivity index (χ4n) is 6.89. The highest BCUT2D eigenvalue weighted by Gasteiger charge is 2.38. The third-order valence-corrected chi connectivity index (χ3v) is 10.0. The molecule has 1 fully saturated rings. The topological polar surface area (TPSA) is 84.8 Å². The molecule has 0 radical (unpaired) electrons. The first-order valence-corrected chi connectivity index (χ1v) is 19.7. The summed E-state index contributed by atoms with van der Waals surface area (Å²) in [5, 5.41) is 13.3. The van der Waals surface area contributed by atoms with E-state index in [-0.39, 0.29) is 19.8 Å². The predicted octanol–water partition coefficient (Wildman–Crippen LogP) is 8.82. The van der Waals surface area contributed by atoms with E-state index < -0.39 is 36.8 Å². The van der Waals surface area contributed by atoms with Gasteiger partial charge in [0.2, 0.25) is 0 Å². The number of aliphatic hydroxyl groups excluding tert-OH is 1. The Balaban J connectivity index is 1.09. The molecule has 1 saturated heterocycles. The van der Waals surface area contributed by atoms with Crippen LogP contribution in [0.1, 0.15) is 34.2 Å². The van der Waals surface area contributed by atoms with E-state index in [4.69, 9.17) is 33.2 Å². The second-order valence-corrected chi connectivity index (χ2v) is 14.4.